The average Bonchev–Trinajstić information content (AvgIpc) is 3.39. The number of hydrogen-bond donors (Lipinski definition) is 2. The monoisotopic (exact) mass is 413 g/mol. The number of H-pyrrole nitrogens is 1. The van der Waals surface area contributed by atoms with Crippen molar-refractivity contribution < 1.29 is 13.2 Å². The highest BCUT2D eigenvalue weighted by atomic mass is 19.4. The highest BCUT2D eigenvalue weighted by Gasteiger charge is 2.37. The number of halogens is 3. The van der Waals surface area contributed by atoms with Crippen LogP contribution in [0.1, 0.15) is 25.0 Å². The molecule has 30 heavy (non-hydrogen) atoms. The number of nitrogens with one attached hydrogen (secondary N) is 2. The standard InChI is InChI=1S/C22H22F3N5/c23-22(24,25)20-18-19(15-4-1-2-5-16(15)28-20)30(13-9-14-7-11-26-12-8-14)21(29-18)17-6-3-10-27-17/h1-6,10,14,26-27H,7-9,11-13H2. The summed E-state index contributed by atoms with van der Waals surface area (Å²) >= 11 is 0. The van der Waals surface area contributed by atoms with Crippen LogP contribution in [0.25, 0.3) is 33.5 Å². The molecule has 0 unspecified atom stereocenters. The minimum absolute atomic E-state index is 0.0869. The first-order valence-electron chi connectivity index (χ1n) is 10.2. The molecule has 156 valence electrons. The van der Waals surface area contributed by atoms with E-state index in [2.05, 4.69) is 20.3 Å². The van der Waals surface area contributed by atoms with Crippen LogP contribution in [0.2, 0.25) is 0 Å². The van der Waals surface area contributed by atoms with E-state index in [4.69, 9.17) is 0 Å². The van der Waals surface area contributed by atoms with Crippen molar-refractivity contribution in [2.24, 2.45) is 5.92 Å². The normalized spacial score (nSPS) is 16.0. The maximum absolute atomic E-state index is 13.9. The number of aromatic nitrogens is 4. The van der Waals surface area contributed by atoms with Crippen LogP contribution in [0.5, 0.6) is 0 Å². The fraction of sp³-hybridized carbons (Fsp3) is 0.364. The molecule has 3 aromatic heterocycles. The first-order chi connectivity index (χ1) is 14.5. The van der Waals surface area contributed by atoms with Crippen molar-refractivity contribution in [1.82, 2.24) is 24.8 Å². The Labute approximate surface area is 171 Å². The Morgan fingerprint density at radius 2 is 1.83 bits per heavy atom. The van der Waals surface area contributed by atoms with Crippen molar-refractivity contribution in [2.75, 3.05) is 13.1 Å². The van der Waals surface area contributed by atoms with Crippen LogP contribution >= 0.6 is 0 Å². The smallest absolute Gasteiger partial charge is 0.359 e. The van der Waals surface area contributed by atoms with Gasteiger partial charge in [-0.15, -0.1) is 0 Å². The number of pyridine rings is 1. The molecule has 1 aliphatic heterocycles. The van der Waals surface area contributed by atoms with E-state index in [-0.39, 0.29) is 5.52 Å². The summed E-state index contributed by atoms with van der Waals surface area (Å²) in [5.41, 5.74) is 0.527. The van der Waals surface area contributed by atoms with Crippen LogP contribution in [0.3, 0.4) is 0 Å². The molecule has 0 atom stereocenters. The molecule has 0 radical (unpaired) electrons. The van der Waals surface area contributed by atoms with E-state index < -0.39 is 11.9 Å². The highest BCUT2D eigenvalue weighted by Crippen LogP contribution is 2.38. The SMILES string of the molecule is FC(F)(F)c1nc2ccccc2c2c1nc(-c1ccc[nH]1)n2CCC1CCNCC1. The second-order valence-corrected chi connectivity index (χ2v) is 7.83. The average molecular weight is 413 g/mol. The number of alkyl halides is 3. The van der Waals surface area contributed by atoms with Crippen molar-refractivity contribution in [2.45, 2.75) is 32.0 Å². The molecule has 0 aliphatic carbocycles. The van der Waals surface area contributed by atoms with Crippen LogP contribution < -0.4 is 5.32 Å². The van der Waals surface area contributed by atoms with Crippen LogP contribution in [-0.2, 0) is 12.7 Å². The van der Waals surface area contributed by atoms with Gasteiger partial charge in [-0.3, -0.25) is 0 Å². The molecule has 5 rings (SSSR count). The molecule has 1 fully saturated rings. The number of nitrogens with zero attached hydrogens (tertiary/aromatic N) is 3. The number of aryl methyl sites for hydroxylation is 1. The molecule has 4 heterocycles. The van der Waals surface area contributed by atoms with E-state index in [9.17, 15) is 13.2 Å². The number of para-hydroxylation sites is 1. The third kappa shape index (κ3) is 3.35. The van der Waals surface area contributed by atoms with Crippen molar-refractivity contribution >= 4 is 21.9 Å². The zero-order valence-electron chi connectivity index (χ0n) is 16.3. The minimum atomic E-state index is -4.58. The van der Waals surface area contributed by atoms with Gasteiger partial charge in [-0.1, -0.05) is 18.2 Å². The maximum Gasteiger partial charge on any atom is 0.435 e. The molecule has 1 aliphatic rings. The topological polar surface area (TPSA) is 58.5 Å². The third-order valence-electron chi connectivity index (χ3n) is 5.91. The van der Waals surface area contributed by atoms with Crippen LogP contribution in [-0.4, -0.2) is 32.6 Å². The molecule has 5 nitrogen and oxygen atoms in total. The van der Waals surface area contributed by atoms with E-state index in [1.807, 2.05) is 28.8 Å². The van der Waals surface area contributed by atoms with E-state index in [0.717, 1.165) is 32.4 Å². The van der Waals surface area contributed by atoms with Gasteiger partial charge in [0.25, 0.3) is 0 Å². The first-order valence-corrected chi connectivity index (χ1v) is 10.2. The molecule has 2 N–H and O–H groups in total. The summed E-state index contributed by atoms with van der Waals surface area (Å²) < 4.78 is 43.6. The van der Waals surface area contributed by atoms with Gasteiger partial charge in [0.15, 0.2) is 11.5 Å². The summed E-state index contributed by atoms with van der Waals surface area (Å²) in [6.45, 7) is 2.59. The highest BCUT2D eigenvalue weighted by molar-refractivity contribution is 6.04. The van der Waals surface area contributed by atoms with Crippen molar-refractivity contribution in [1.29, 1.82) is 0 Å². The molecule has 8 heteroatoms. The molecule has 0 amide bonds. The summed E-state index contributed by atoms with van der Waals surface area (Å²) in [6.07, 6.45) is 0.246. The van der Waals surface area contributed by atoms with Crippen molar-refractivity contribution in [3.63, 3.8) is 0 Å². The summed E-state index contributed by atoms with van der Waals surface area (Å²) in [6, 6.07) is 10.7. The fourth-order valence-electron chi connectivity index (χ4n) is 4.41. The van der Waals surface area contributed by atoms with Crippen molar-refractivity contribution in [3.8, 4) is 11.5 Å². The second kappa shape index (κ2) is 7.43. The quantitative estimate of drug-likeness (QED) is 0.496. The molecule has 0 spiro atoms. The number of benzene rings is 1. The lowest BCUT2D eigenvalue weighted by Crippen LogP contribution is -2.28. The zero-order chi connectivity index (χ0) is 20.7. The Kier molecular flexibility index (Phi) is 4.73. The molecule has 1 aromatic carbocycles. The molecular weight excluding hydrogens is 391 g/mol. The Hall–Kier alpha value is -2.87. The van der Waals surface area contributed by atoms with Gasteiger partial charge < -0.3 is 14.9 Å². The van der Waals surface area contributed by atoms with E-state index >= 15 is 0 Å². The molecule has 0 saturated carbocycles. The number of rotatable bonds is 4. The predicted octanol–water partition coefficient (Wildman–Crippen LogP) is 4.99. The summed E-state index contributed by atoms with van der Waals surface area (Å²) in [5, 5.41) is 4.05. The number of imidazole rings is 1. The Morgan fingerprint density at radius 1 is 1.03 bits per heavy atom. The predicted molar refractivity (Wildman–Crippen MR) is 110 cm³/mol. The lowest BCUT2D eigenvalue weighted by atomic mass is 9.94. The van der Waals surface area contributed by atoms with Gasteiger partial charge in [0, 0.05) is 18.1 Å². The lowest BCUT2D eigenvalue weighted by molar-refractivity contribution is -0.139. The Bertz CT molecular complexity index is 1170. The van der Waals surface area contributed by atoms with Crippen LogP contribution in [0.15, 0.2) is 42.6 Å². The lowest BCUT2D eigenvalue weighted by Gasteiger charge is -2.23. The van der Waals surface area contributed by atoms with Crippen LogP contribution in [0.4, 0.5) is 13.2 Å². The van der Waals surface area contributed by atoms with E-state index in [1.54, 1.807) is 18.3 Å². The van der Waals surface area contributed by atoms with E-state index in [1.165, 1.54) is 0 Å². The largest absolute Gasteiger partial charge is 0.435 e. The Balaban J connectivity index is 1.74. The van der Waals surface area contributed by atoms with Gasteiger partial charge >= 0.3 is 6.18 Å². The summed E-state index contributed by atoms with van der Waals surface area (Å²) in [4.78, 5) is 11.5. The van der Waals surface area contributed by atoms with Gasteiger partial charge in [-0.05, 0) is 56.5 Å². The molecule has 1 saturated heterocycles. The zero-order valence-corrected chi connectivity index (χ0v) is 16.3. The van der Waals surface area contributed by atoms with Gasteiger partial charge in [-0.25, -0.2) is 9.97 Å². The van der Waals surface area contributed by atoms with Gasteiger partial charge in [0.1, 0.15) is 5.52 Å². The fourth-order valence-corrected chi connectivity index (χ4v) is 4.41. The minimum Gasteiger partial charge on any atom is -0.359 e. The van der Waals surface area contributed by atoms with Gasteiger partial charge in [0.05, 0.1) is 16.7 Å². The second-order valence-electron chi connectivity index (χ2n) is 7.83. The third-order valence-corrected chi connectivity index (χ3v) is 5.91. The molecule has 0 bridgehead atoms. The van der Waals surface area contributed by atoms with Crippen LogP contribution in [0, 0.1) is 5.92 Å². The van der Waals surface area contributed by atoms with Crippen molar-refractivity contribution in [3.05, 3.63) is 48.3 Å². The number of hydrogen-bond acceptors (Lipinski definition) is 3. The molecular formula is C22H22F3N5. The van der Waals surface area contributed by atoms with Gasteiger partial charge in [-0.2, -0.15) is 13.2 Å². The number of piperidine rings is 1. The number of fused-ring (bicyclic) bond motifs is 3. The Morgan fingerprint density at radius 3 is 2.57 bits per heavy atom. The van der Waals surface area contributed by atoms with Gasteiger partial charge in [0.2, 0.25) is 0 Å². The number of aromatic amines is 1. The molecule has 4 aromatic rings. The first kappa shape index (κ1) is 19.1. The summed E-state index contributed by atoms with van der Waals surface area (Å²) in [5.74, 6) is 1.07. The summed E-state index contributed by atoms with van der Waals surface area (Å²) in [7, 11) is 0. The van der Waals surface area contributed by atoms with E-state index in [0.29, 0.717) is 40.4 Å². The maximum atomic E-state index is 13.9.